The van der Waals surface area contributed by atoms with E-state index in [4.69, 9.17) is 16.0 Å². The summed E-state index contributed by atoms with van der Waals surface area (Å²) in [4.78, 5) is 24.0. The molecule has 1 amide bonds. The second kappa shape index (κ2) is 6.30. The summed E-state index contributed by atoms with van der Waals surface area (Å²) in [7, 11) is 0. The molecule has 6 heteroatoms. The van der Waals surface area contributed by atoms with Crippen LogP contribution in [0.15, 0.2) is 51.7 Å². The SMILES string of the molecule is CCCn1c(=O)oc2cc(NC(=O)c3ccc(Cl)cc3)ccc21. The third kappa shape index (κ3) is 3.14. The molecule has 0 aliphatic carbocycles. The maximum Gasteiger partial charge on any atom is 0.419 e. The fraction of sp³-hybridized carbons (Fsp3) is 0.176. The molecule has 3 rings (SSSR count). The summed E-state index contributed by atoms with van der Waals surface area (Å²) >= 11 is 5.81. The van der Waals surface area contributed by atoms with Crippen LogP contribution < -0.4 is 11.1 Å². The van der Waals surface area contributed by atoms with Gasteiger partial charge in [-0.25, -0.2) is 4.79 Å². The number of halogens is 1. The van der Waals surface area contributed by atoms with Crippen molar-refractivity contribution < 1.29 is 9.21 Å². The quantitative estimate of drug-likeness (QED) is 0.788. The van der Waals surface area contributed by atoms with Crippen LogP contribution >= 0.6 is 11.6 Å². The number of benzene rings is 2. The lowest BCUT2D eigenvalue weighted by Crippen LogP contribution is -2.13. The number of aromatic nitrogens is 1. The second-order valence-electron chi connectivity index (χ2n) is 5.16. The Morgan fingerprint density at radius 1 is 1.22 bits per heavy atom. The Kier molecular flexibility index (Phi) is 4.21. The van der Waals surface area contributed by atoms with Crippen molar-refractivity contribution in [1.29, 1.82) is 0 Å². The van der Waals surface area contributed by atoms with Crippen molar-refractivity contribution in [3.8, 4) is 0 Å². The van der Waals surface area contributed by atoms with E-state index in [0.717, 1.165) is 11.9 Å². The van der Waals surface area contributed by atoms with Crippen LogP contribution in [-0.2, 0) is 6.54 Å². The van der Waals surface area contributed by atoms with Crippen LogP contribution in [0.2, 0.25) is 5.02 Å². The van der Waals surface area contributed by atoms with Gasteiger partial charge in [0.05, 0.1) is 5.52 Å². The smallest absolute Gasteiger partial charge is 0.408 e. The number of hydrogen-bond donors (Lipinski definition) is 1. The van der Waals surface area contributed by atoms with Gasteiger partial charge in [-0.2, -0.15) is 0 Å². The van der Waals surface area contributed by atoms with Gasteiger partial charge in [-0.05, 0) is 42.8 Å². The van der Waals surface area contributed by atoms with Crippen molar-refractivity contribution in [1.82, 2.24) is 4.57 Å². The number of oxazole rings is 1. The molecule has 118 valence electrons. The van der Waals surface area contributed by atoms with Gasteiger partial charge in [-0.1, -0.05) is 18.5 Å². The Morgan fingerprint density at radius 3 is 2.65 bits per heavy atom. The van der Waals surface area contributed by atoms with Crippen molar-refractivity contribution in [2.75, 3.05) is 5.32 Å². The number of amides is 1. The van der Waals surface area contributed by atoms with Gasteiger partial charge in [0.15, 0.2) is 5.58 Å². The van der Waals surface area contributed by atoms with E-state index in [1.807, 2.05) is 6.92 Å². The predicted molar refractivity (Wildman–Crippen MR) is 90.2 cm³/mol. The molecule has 23 heavy (non-hydrogen) atoms. The lowest BCUT2D eigenvalue weighted by atomic mass is 10.2. The molecule has 5 nitrogen and oxygen atoms in total. The zero-order valence-corrected chi connectivity index (χ0v) is 13.3. The van der Waals surface area contributed by atoms with Crippen molar-refractivity contribution in [3.05, 3.63) is 63.6 Å². The zero-order valence-electron chi connectivity index (χ0n) is 12.5. The number of carbonyl (C=O) groups is 1. The van der Waals surface area contributed by atoms with Crippen LogP contribution in [0.4, 0.5) is 5.69 Å². The third-order valence-corrected chi connectivity index (χ3v) is 3.73. The van der Waals surface area contributed by atoms with Crippen molar-refractivity contribution in [2.24, 2.45) is 0 Å². The van der Waals surface area contributed by atoms with E-state index in [-0.39, 0.29) is 11.7 Å². The fourth-order valence-corrected chi connectivity index (χ4v) is 2.51. The maximum absolute atomic E-state index is 12.2. The summed E-state index contributed by atoms with van der Waals surface area (Å²) in [5.41, 5.74) is 2.24. The standard InChI is InChI=1S/C17H15ClN2O3/c1-2-9-20-14-8-7-13(10-15(14)23-17(20)22)19-16(21)11-3-5-12(18)6-4-11/h3-8,10H,2,9H2,1H3,(H,19,21). The van der Waals surface area contributed by atoms with Gasteiger partial charge in [0.1, 0.15) is 0 Å². The number of fused-ring (bicyclic) bond motifs is 1. The largest absolute Gasteiger partial charge is 0.419 e. The van der Waals surface area contributed by atoms with Crippen LogP contribution in [0.5, 0.6) is 0 Å². The van der Waals surface area contributed by atoms with E-state index in [1.54, 1.807) is 47.0 Å². The summed E-state index contributed by atoms with van der Waals surface area (Å²) < 4.78 is 6.82. The van der Waals surface area contributed by atoms with Gasteiger partial charge in [0.25, 0.3) is 5.91 Å². The van der Waals surface area contributed by atoms with Gasteiger partial charge in [0.2, 0.25) is 0 Å². The van der Waals surface area contributed by atoms with Crippen LogP contribution in [0.3, 0.4) is 0 Å². The number of rotatable bonds is 4. The summed E-state index contributed by atoms with van der Waals surface area (Å²) in [5.74, 6) is -0.639. The van der Waals surface area contributed by atoms with Crippen LogP contribution in [0.1, 0.15) is 23.7 Å². The molecule has 0 saturated carbocycles. The molecular formula is C17H15ClN2O3. The average molecular weight is 331 g/mol. The minimum absolute atomic E-state index is 0.253. The number of nitrogens with zero attached hydrogens (tertiary/aromatic N) is 1. The topological polar surface area (TPSA) is 64.2 Å². The van der Waals surface area contributed by atoms with Gasteiger partial charge in [-0.3, -0.25) is 9.36 Å². The zero-order chi connectivity index (χ0) is 16.4. The van der Waals surface area contributed by atoms with E-state index in [9.17, 15) is 9.59 Å². The Hall–Kier alpha value is -2.53. The molecule has 2 aromatic carbocycles. The van der Waals surface area contributed by atoms with E-state index in [0.29, 0.717) is 28.4 Å². The van der Waals surface area contributed by atoms with Gasteiger partial charge in [0, 0.05) is 28.9 Å². The van der Waals surface area contributed by atoms with Crippen molar-refractivity contribution in [3.63, 3.8) is 0 Å². The molecule has 0 bridgehead atoms. The van der Waals surface area contributed by atoms with Gasteiger partial charge >= 0.3 is 5.76 Å². The van der Waals surface area contributed by atoms with E-state index in [1.165, 1.54) is 0 Å². The van der Waals surface area contributed by atoms with E-state index in [2.05, 4.69) is 5.32 Å². The number of hydrogen-bond acceptors (Lipinski definition) is 3. The molecule has 1 heterocycles. The molecule has 0 fully saturated rings. The maximum atomic E-state index is 12.2. The monoisotopic (exact) mass is 330 g/mol. The highest BCUT2D eigenvalue weighted by molar-refractivity contribution is 6.30. The summed E-state index contributed by atoms with van der Waals surface area (Å²) in [6.45, 7) is 2.59. The summed E-state index contributed by atoms with van der Waals surface area (Å²) in [5, 5.41) is 3.35. The summed E-state index contributed by atoms with van der Waals surface area (Å²) in [6, 6.07) is 11.8. The van der Waals surface area contributed by atoms with Crippen LogP contribution in [-0.4, -0.2) is 10.5 Å². The highest BCUT2D eigenvalue weighted by Crippen LogP contribution is 2.20. The molecule has 0 spiro atoms. The van der Waals surface area contributed by atoms with Crippen molar-refractivity contribution >= 4 is 34.3 Å². The van der Waals surface area contributed by atoms with Crippen LogP contribution in [0, 0.1) is 0 Å². The Morgan fingerprint density at radius 2 is 1.96 bits per heavy atom. The molecule has 3 aromatic rings. The normalized spacial score (nSPS) is 10.9. The molecule has 0 unspecified atom stereocenters. The molecule has 1 aromatic heterocycles. The fourth-order valence-electron chi connectivity index (χ4n) is 2.38. The molecule has 1 N–H and O–H groups in total. The molecule has 0 radical (unpaired) electrons. The van der Waals surface area contributed by atoms with E-state index < -0.39 is 0 Å². The number of carbonyl (C=O) groups excluding carboxylic acids is 1. The molecule has 0 saturated heterocycles. The molecule has 0 aliphatic rings. The van der Waals surface area contributed by atoms with E-state index >= 15 is 0 Å². The lowest BCUT2D eigenvalue weighted by molar-refractivity contribution is 0.102. The predicted octanol–water partition coefficient (Wildman–Crippen LogP) is 3.91. The second-order valence-corrected chi connectivity index (χ2v) is 5.60. The molecule has 0 aliphatic heterocycles. The molecule has 0 atom stereocenters. The first kappa shape index (κ1) is 15.4. The first-order chi connectivity index (χ1) is 11.1. The number of aryl methyl sites for hydroxylation is 1. The minimum Gasteiger partial charge on any atom is -0.408 e. The first-order valence-electron chi connectivity index (χ1n) is 7.29. The lowest BCUT2D eigenvalue weighted by Gasteiger charge is -2.05. The molecular weight excluding hydrogens is 316 g/mol. The first-order valence-corrected chi connectivity index (χ1v) is 7.66. The Balaban J connectivity index is 1.87. The highest BCUT2D eigenvalue weighted by Gasteiger charge is 2.11. The number of anilines is 1. The Bertz CT molecular complexity index is 910. The van der Waals surface area contributed by atoms with Crippen LogP contribution in [0.25, 0.3) is 11.1 Å². The highest BCUT2D eigenvalue weighted by atomic mass is 35.5. The van der Waals surface area contributed by atoms with Crippen molar-refractivity contribution in [2.45, 2.75) is 19.9 Å². The van der Waals surface area contributed by atoms with Gasteiger partial charge < -0.3 is 9.73 Å². The third-order valence-electron chi connectivity index (χ3n) is 3.48. The average Bonchev–Trinajstić information content (AvgIpc) is 2.83. The summed E-state index contributed by atoms with van der Waals surface area (Å²) in [6.07, 6.45) is 0.837. The Labute approximate surface area is 137 Å². The minimum atomic E-state index is -0.386. The van der Waals surface area contributed by atoms with Gasteiger partial charge in [-0.15, -0.1) is 0 Å². The number of nitrogens with one attached hydrogen (secondary N) is 1.